The van der Waals surface area contributed by atoms with Gasteiger partial charge in [0.1, 0.15) is 0 Å². The summed E-state index contributed by atoms with van der Waals surface area (Å²) in [5.74, 6) is 0. The van der Waals surface area contributed by atoms with Crippen LogP contribution < -0.4 is 0 Å². The topological polar surface area (TPSA) is 47.9 Å². The molecule has 1 N–H and O–H groups in total. The molecule has 0 bridgehead atoms. The first kappa shape index (κ1) is 14.8. The molecule has 92 valence electrons. The molecule has 0 aromatic rings. The number of ether oxygens (including phenoxy) is 3. The Hall–Kier alpha value is -0.160. The summed E-state index contributed by atoms with van der Waals surface area (Å²) in [5, 5.41) is 9.44. The van der Waals surface area contributed by atoms with Crippen molar-refractivity contribution in [3.63, 3.8) is 0 Å². The highest BCUT2D eigenvalue weighted by Gasteiger charge is 2.02. The molecule has 0 heterocycles. The van der Waals surface area contributed by atoms with Crippen molar-refractivity contribution in [3.05, 3.63) is 0 Å². The maximum atomic E-state index is 9.44. The minimum atomic E-state index is -0.330. The summed E-state index contributed by atoms with van der Waals surface area (Å²) in [4.78, 5) is 0. The highest BCUT2D eigenvalue weighted by molar-refractivity contribution is 4.52. The minimum Gasteiger partial charge on any atom is -0.391 e. The van der Waals surface area contributed by atoms with Crippen molar-refractivity contribution in [1.82, 2.24) is 0 Å². The van der Waals surface area contributed by atoms with Crippen LogP contribution in [0.2, 0.25) is 0 Å². The van der Waals surface area contributed by atoms with Gasteiger partial charge >= 0.3 is 0 Å². The number of aliphatic hydroxyl groups is 1. The molecule has 0 aliphatic heterocycles. The third-order valence-electron chi connectivity index (χ3n) is 2.00. The lowest BCUT2D eigenvalue weighted by Gasteiger charge is -2.10. The van der Waals surface area contributed by atoms with Crippen LogP contribution >= 0.6 is 0 Å². The fourth-order valence-corrected chi connectivity index (χ4v) is 1.10. The molecule has 1 unspecified atom stereocenters. The standard InChI is InChI=1S/C11H24O4/c1-3-4-5-11(12)10-15-9-8-14-7-6-13-2/h11-12H,3-10H2,1-2H3. The molecule has 0 aliphatic rings. The van der Waals surface area contributed by atoms with Crippen molar-refractivity contribution in [1.29, 1.82) is 0 Å². The zero-order valence-corrected chi connectivity index (χ0v) is 9.91. The van der Waals surface area contributed by atoms with Crippen molar-refractivity contribution < 1.29 is 19.3 Å². The fourth-order valence-electron chi connectivity index (χ4n) is 1.10. The highest BCUT2D eigenvalue weighted by Crippen LogP contribution is 2.00. The van der Waals surface area contributed by atoms with Crippen LogP contribution in [-0.2, 0) is 14.2 Å². The summed E-state index contributed by atoms with van der Waals surface area (Å²) in [6, 6.07) is 0. The molecule has 15 heavy (non-hydrogen) atoms. The van der Waals surface area contributed by atoms with Gasteiger partial charge in [-0.1, -0.05) is 19.8 Å². The Bertz CT molecular complexity index is 119. The van der Waals surface area contributed by atoms with Crippen molar-refractivity contribution in [3.8, 4) is 0 Å². The second kappa shape index (κ2) is 11.9. The third-order valence-corrected chi connectivity index (χ3v) is 2.00. The van der Waals surface area contributed by atoms with E-state index in [9.17, 15) is 5.11 Å². The SMILES string of the molecule is CCCCC(O)COCCOCCOC. The Morgan fingerprint density at radius 2 is 1.73 bits per heavy atom. The van der Waals surface area contributed by atoms with Crippen molar-refractivity contribution in [2.24, 2.45) is 0 Å². The second-order valence-electron chi connectivity index (χ2n) is 3.48. The largest absolute Gasteiger partial charge is 0.391 e. The van der Waals surface area contributed by atoms with E-state index in [0.717, 1.165) is 19.3 Å². The molecule has 1 atom stereocenters. The molecule has 4 nitrogen and oxygen atoms in total. The van der Waals surface area contributed by atoms with Crippen LogP contribution in [-0.4, -0.2) is 51.4 Å². The van der Waals surface area contributed by atoms with E-state index in [4.69, 9.17) is 14.2 Å². The molecule has 0 fully saturated rings. The summed E-state index contributed by atoms with van der Waals surface area (Å²) in [7, 11) is 1.64. The molecule has 0 aromatic heterocycles. The van der Waals surface area contributed by atoms with Gasteiger partial charge in [-0.3, -0.25) is 0 Å². The quantitative estimate of drug-likeness (QED) is 0.532. The highest BCUT2D eigenvalue weighted by atomic mass is 16.5. The number of hydrogen-bond acceptors (Lipinski definition) is 4. The van der Waals surface area contributed by atoms with Gasteiger partial charge in [0.25, 0.3) is 0 Å². The monoisotopic (exact) mass is 220 g/mol. The van der Waals surface area contributed by atoms with Gasteiger partial charge in [-0.2, -0.15) is 0 Å². The number of aliphatic hydroxyl groups excluding tert-OH is 1. The van der Waals surface area contributed by atoms with Crippen LogP contribution in [0.15, 0.2) is 0 Å². The summed E-state index contributed by atoms with van der Waals surface area (Å²) in [6.45, 7) is 4.82. The molecular formula is C11H24O4. The van der Waals surface area contributed by atoms with E-state index in [1.807, 2.05) is 0 Å². The van der Waals surface area contributed by atoms with Gasteiger partial charge in [0.05, 0.1) is 39.1 Å². The number of hydrogen-bond donors (Lipinski definition) is 1. The van der Waals surface area contributed by atoms with E-state index in [1.165, 1.54) is 0 Å². The van der Waals surface area contributed by atoms with E-state index in [2.05, 4.69) is 6.92 Å². The molecule has 4 heteroatoms. The summed E-state index contributed by atoms with van der Waals surface area (Å²) < 4.78 is 15.3. The molecule has 0 saturated carbocycles. The van der Waals surface area contributed by atoms with E-state index in [1.54, 1.807) is 7.11 Å². The Morgan fingerprint density at radius 1 is 1.07 bits per heavy atom. The number of methoxy groups -OCH3 is 1. The molecule has 0 amide bonds. The first-order valence-corrected chi connectivity index (χ1v) is 5.63. The van der Waals surface area contributed by atoms with Crippen molar-refractivity contribution >= 4 is 0 Å². The van der Waals surface area contributed by atoms with E-state index < -0.39 is 0 Å². The number of rotatable bonds is 11. The minimum absolute atomic E-state index is 0.330. The Morgan fingerprint density at radius 3 is 2.40 bits per heavy atom. The lowest BCUT2D eigenvalue weighted by molar-refractivity contribution is -0.00758. The van der Waals surface area contributed by atoms with Crippen LogP contribution in [0.25, 0.3) is 0 Å². The lowest BCUT2D eigenvalue weighted by atomic mass is 10.2. The van der Waals surface area contributed by atoms with E-state index >= 15 is 0 Å². The maximum absolute atomic E-state index is 9.44. The van der Waals surface area contributed by atoms with Crippen LogP contribution in [0.1, 0.15) is 26.2 Å². The Balaban J connectivity index is 3.02. The summed E-state index contributed by atoms with van der Waals surface area (Å²) in [5.41, 5.74) is 0. The molecule has 0 rings (SSSR count). The Labute approximate surface area is 92.5 Å². The average molecular weight is 220 g/mol. The molecule has 0 spiro atoms. The lowest BCUT2D eigenvalue weighted by Crippen LogP contribution is -2.17. The van der Waals surface area contributed by atoms with E-state index in [-0.39, 0.29) is 6.10 Å². The van der Waals surface area contributed by atoms with Crippen molar-refractivity contribution in [2.45, 2.75) is 32.3 Å². The van der Waals surface area contributed by atoms with Gasteiger partial charge in [-0.25, -0.2) is 0 Å². The predicted octanol–water partition coefficient (Wildman–Crippen LogP) is 1.22. The number of unbranched alkanes of at least 4 members (excludes halogenated alkanes) is 1. The zero-order chi connectivity index (χ0) is 11.4. The van der Waals surface area contributed by atoms with Crippen LogP contribution in [0.3, 0.4) is 0 Å². The summed E-state index contributed by atoms with van der Waals surface area (Å²) in [6.07, 6.45) is 2.65. The van der Waals surface area contributed by atoms with Gasteiger partial charge in [0.15, 0.2) is 0 Å². The van der Waals surface area contributed by atoms with Crippen molar-refractivity contribution in [2.75, 3.05) is 40.1 Å². The smallest absolute Gasteiger partial charge is 0.0773 e. The first-order valence-electron chi connectivity index (χ1n) is 5.63. The average Bonchev–Trinajstić information content (AvgIpc) is 2.25. The van der Waals surface area contributed by atoms with Crippen LogP contribution in [0.5, 0.6) is 0 Å². The first-order chi connectivity index (χ1) is 7.31. The second-order valence-corrected chi connectivity index (χ2v) is 3.48. The normalized spacial score (nSPS) is 13.0. The van der Waals surface area contributed by atoms with Gasteiger partial charge in [0, 0.05) is 7.11 Å². The molecular weight excluding hydrogens is 196 g/mol. The maximum Gasteiger partial charge on any atom is 0.0773 e. The van der Waals surface area contributed by atoms with Crippen LogP contribution in [0.4, 0.5) is 0 Å². The van der Waals surface area contributed by atoms with Gasteiger partial charge in [0.2, 0.25) is 0 Å². The fraction of sp³-hybridized carbons (Fsp3) is 1.00. The third kappa shape index (κ3) is 11.8. The van der Waals surface area contributed by atoms with Crippen LogP contribution in [0, 0.1) is 0 Å². The molecule has 0 aromatic carbocycles. The van der Waals surface area contributed by atoms with E-state index in [0.29, 0.717) is 33.0 Å². The molecule has 0 aliphatic carbocycles. The molecule has 0 saturated heterocycles. The summed E-state index contributed by atoms with van der Waals surface area (Å²) >= 11 is 0. The Kier molecular flexibility index (Phi) is 11.8. The molecule has 0 radical (unpaired) electrons. The van der Waals surface area contributed by atoms with Gasteiger partial charge in [-0.15, -0.1) is 0 Å². The van der Waals surface area contributed by atoms with Gasteiger partial charge < -0.3 is 19.3 Å². The predicted molar refractivity (Wildman–Crippen MR) is 59.0 cm³/mol. The zero-order valence-electron chi connectivity index (χ0n) is 9.91. The van der Waals surface area contributed by atoms with Gasteiger partial charge in [-0.05, 0) is 6.42 Å².